The van der Waals surface area contributed by atoms with Gasteiger partial charge in [-0.2, -0.15) is 5.10 Å². The molecule has 0 bridgehead atoms. The molecule has 1 atom stereocenters. The van der Waals surface area contributed by atoms with Crippen molar-refractivity contribution in [3.8, 4) is 0 Å². The topological polar surface area (TPSA) is 58.4 Å². The number of hydrogen-bond acceptors (Lipinski definition) is 3. The minimum absolute atomic E-state index is 0.0307. The normalized spacial score (nSPS) is 27.0. The highest BCUT2D eigenvalue weighted by Gasteiger charge is 2.56. The van der Waals surface area contributed by atoms with Crippen molar-refractivity contribution in [3.63, 3.8) is 0 Å². The molecule has 126 valence electrons. The number of rotatable bonds is 2. The van der Waals surface area contributed by atoms with Crippen LogP contribution < -0.4 is 0 Å². The Labute approximate surface area is 133 Å². The molecule has 0 N–H and O–H groups in total. The molecule has 2 aliphatic rings. The molecular formula is C15H20F2N4O2. The van der Waals surface area contributed by atoms with Crippen LogP contribution in [-0.2, 0) is 23.1 Å². The predicted molar refractivity (Wildman–Crippen MR) is 77.7 cm³/mol. The van der Waals surface area contributed by atoms with Gasteiger partial charge in [-0.15, -0.1) is 0 Å². The van der Waals surface area contributed by atoms with E-state index in [0.717, 1.165) is 4.90 Å². The summed E-state index contributed by atoms with van der Waals surface area (Å²) in [5.41, 5.74) is -0.605. The minimum Gasteiger partial charge on any atom is -0.345 e. The minimum atomic E-state index is -3.04. The molecule has 2 amide bonds. The molecule has 6 nitrogen and oxygen atoms in total. The van der Waals surface area contributed by atoms with Crippen LogP contribution in [0.15, 0.2) is 12.3 Å². The first-order valence-corrected chi connectivity index (χ1v) is 7.61. The quantitative estimate of drug-likeness (QED) is 0.803. The lowest BCUT2D eigenvalue weighted by Crippen LogP contribution is -2.57. The van der Waals surface area contributed by atoms with Gasteiger partial charge >= 0.3 is 0 Å². The highest BCUT2D eigenvalue weighted by atomic mass is 19.3. The lowest BCUT2D eigenvalue weighted by molar-refractivity contribution is -0.162. The second-order valence-electron chi connectivity index (χ2n) is 6.70. The molecule has 0 aromatic carbocycles. The van der Waals surface area contributed by atoms with Crippen molar-refractivity contribution < 1.29 is 18.4 Å². The van der Waals surface area contributed by atoms with Crippen LogP contribution >= 0.6 is 0 Å². The van der Waals surface area contributed by atoms with E-state index in [-0.39, 0.29) is 18.9 Å². The molecule has 0 saturated carbocycles. The number of aromatic nitrogens is 2. The number of amides is 2. The molecule has 2 saturated heterocycles. The van der Waals surface area contributed by atoms with Gasteiger partial charge in [-0.25, -0.2) is 8.78 Å². The maximum absolute atomic E-state index is 14.2. The lowest BCUT2D eigenvalue weighted by Gasteiger charge is -2.42. The van der Waals surface area contributed by atoms with Gasteiger partial charge in [-0.05, 0) is 12.5 Å². The number of likely N-dealkylation sites (tertiary alicyclic amines) is 2. The number of piperidine rings is 1. The first-order chi connectivity index (χ1) is 10.7. The smallest absolute Gasteiger partial charge is 0.266 e. The largest absolute Gasteiger partial charge is 0.345 e. The zero-order valence-electron chi connectivity index (χ0n) is 13.3. The molecular weight excluding hydrogens is 306 g/mol. The molecule has 1 aromatic rings. The summed E-state index contributed by atoms with van der Waals surface area (Å²) >= 11 is 0. The van der Waals surface area contributed by atoms with Crippen LogP contribution in [-0.4, -0.2) is 64.0 Å². The Morgan fingerprint density at radius 1 is 1.35 bits per heavy atom. The molecule has 2 fully saturated rings. The van der Waals surface area contributed by atoms with Crippen LogP contribution in [0.3, 0.4) is 0 Å². The third kappa shape index (κ3) is 2.94. The Bertz CT molecular complexity index is 645. The van der Waals surface area contributed by atoms with Crippen molar-refractivity contribution in [1.29, 1.82) is 0 Å². The van der Waals surface area contributed by atoms with Crippen molar-refractivity contribution in [2.24, 2.45) is 12.5 Å². The predicted octanol–water partition coefficient (Wildman–Crippen LogP) is 0.679. The monoisotopic (exact) mass is 326 g/mol. The average Bonchev–Trinajstić information content (AvgIpc) is 2.97. The Kier molecular flexibility index (Phi) is 3.65. The number of hydrogen-bond donors (Lipinski definition) is 0. The third-order valence-corrected chi connectivity index (χ3v) is 4.69. The van der Waals surface area contributed by atoms with E-state index in [1.165, 1.54) is 4.90 Å². The van der Waals surface area contributed by atoms with Gasteiger partial charge in [0.15, 0.2) is 0 Å². The molecule has 3 heterocycles. The molecule has 0 unspecified atom stereocenters. The van der Waals surface area contributed by atoms with Crippen molar-refractivity contribution >= 4 is 11.8 Å². The van der Waals surface area contributed by atoms with Gasteiger partial charge in [0.2, 0.25) is 11.8 Å². The van der Waals surface area contributed by atoms with Gasteiger partial charge in [0.25, 0.3) is 5.92 Å². The van der Waals surface area contributed by atoms with Crippen LogP contribution in [0, 0.1) is 5.41 Å². The van der Waals surface area contributed by atoms with Gasteiger partial charge < -0.3 is 9.80 Å². The fourth-order valence-electron chi connectivity index (χ4n) is 3.61. The maximum Gasteiger partial charge on any atom is 0.266 e. The van der Waals surface area contributed by atoms with E-state index in [2.05, 4.69) is 5.10 Å². The van der Waals surface area contributed by atoms with Crippen molar-refractivity contribution in [2.45, 2.75) is 25.2 Å². The summed E-state index contributed by atoms with van der Waals surface area (Å²) < 4.78 is 29.9. The summed E-state index contributed by atoms with van der Waals surface area (Å²) in [6.45, 7) is -0.105. The first kappa shape index (κ1) is 15.9. The highest BCUT2D eigenvalue weighted by Crippen LogP contribution is 2.45. The van der Waals surface area contributed by atoms with Gasteiger partial charge in [-0.1, -0.05) is 0 Å². The van der Waals surface area contributed by atoms with E-state index in [9.17, 15) is 18.4 Å². The highest BCUT2D eigenvalue weighted by molar-refractivity contribution is 5.86. The second-order valence-corrected chi connectivity index (χ2v) is 6.70. The van der Waals surface area contributed by atoms with Crippen LogP contribution in [0.4, 0.5) is 8.78 Å². The molecule has 23 heavy (non-hydrogen) atoms. The second kappa shape index (κ2) is 5.28. The fourth-order valence-corrected chi connectivity index (χ4v) is 3.61. The number of halogens is 2. The van der Waals surface area contributed by atoms with E-state index in [1.54, 1.807) is 31.0 Å². The summed E-state index contributed by atoms with van der Waals surface area (Å²) in [5, 5.41) is 4.10. The Balaban J connectivity index is 1.79. The van der Waals surface area contributed by atoms with E-state index in [4.69, 9.17) is 0 Å². The SMILES string of the molecule is CN1CC[C@]2(CN(C(=O)Cc3ccn(C)n3)CC(F)(F)C2)C1=O. The third-order valence-electron chi connectivity index (χ3n) is 4.69. The number of nitrogens with zero attached hydrogens (tertiary/aromatic N) is 4. The Hall–Kier alpha value is -1.99. The Morgan fingerprint density at radius 3 is 2.65 bits per heavy atom. The summed E-state index contributed by atoms with van der Waals surface area (Å²) in [4.78, 5) is 27.4. The van der Waals surface area contributed by atoms with Crippen LogP contribution in [0.2, 0.25) is 0 Å². The Morgan fingerprint density at radius 2 is 2.09 bits per heavy atom. The van der Waals surface area contributed by atoms with Gasteiger partial charge in [0.05, 0.1) is 24.1 Å². The van der Waals surface area contributed by atoms with Crippen molar-refractivity contribution in [2.75, 3.05) is 26.7 Å². The van der Waals surface area contributed by atoms with Gasteiger partial charge in [-0.3, -0.25) is 14.3 Å². The van der Waals surface area contributed by atoms with Crippen LogP contribution in [0.5, 0.6) is 0 Å². The lowest BCUT2D eigenvalue weighted by atomic mass is 9.77. The maximum atomic E-state index is 14.2. The molecule has 1 spiro atoms. The van der Waals surface area contributed by atoms with Crippen LogP contribution in [0.1, 0.15) is 18.5 Å². The zero-order valence-corrected chi connectivity index (χ0v) is 13.3. The van der Waals surface area contributed by atoms with E-state index in [1.807, 2.05) is 0 Å². The number of aryl methyl sites for hydroxylation is 1. The van der Waals surface area contributed by atoms with Crippen LogP contribution in [0.25, 0.3) is 0 Å². The fraction of sp³-hybridized carbons (Fsp3) is 0.667. The molecule has 0 aliphatic carbocycles. The van der Waals surface area contributed by atoms with E-state index >= 15 is 0 Å². The zero-order chi connectivity index (χ0) is 16.8. The number of carbonyl (C=O) groups excluding carboxylic acids is 2. The summed E-state index contributed by atoms with van der Waals surface area (Å²) in [5.74, 6) is -3.74. The van der Waals surface area contributed by atoms with E-state index in [0.29, 0.717) is 18.7 Å². The van der Waals surface area contributed by atoms with Gasteiger partial charge in [0, 0.05) is 39.8 Å². The molecule has 3 rings (SSSR count). The van der Waals surface area contributed by atoms with Crippen molar-refractivity contribution in [3.05, 3.63) is 18.0 Å². The first-order valence-electron chi connectivity index (χ1n) is 7.61. The molecule has 0 radical (unpaired) electrons. The number of alkyl halides is 2. The summed E-state index contributed by atoms with van der Waals surface area (Å²) in [6, 6.07) is 1.68. The van der Waals surface area contributed by atoms with Gasteiger partial charge in [0.1, 0.15) is 0 Å². The summed E-state index contributed by atoms with van der Waals surface area (Å²) in [7, 11) is 3.34. The summed E-state index contributed by atoms with van der Waals surface area (Å²) in [6.07, 6.45) is 1.56. The molecule has 8 heteroatoms. The molecule has 2 aliphatic heterocycles. The van der Waals surface area contributed by atoms with E-state index < -0.39 is 30.2 Å². The standard InChI is InChI=1S/C15H20F2N4O2/c1-19-6-4-14(13(19)23)8-15(16,17)10-21(9-14)12(22)7-11-3-5-20(2)18-11/h3,5H,4,6-10H2,1-2H3/t14-/m0/s1. The molecule has 1 aromatic heterocycles. The number of carbonyl (C=O) groups is 2. The average molecular weight is 326 g/mol. The van der Waals surface area contributed by atoms with Crippen molar-refractivity contribution in [1.82, 2.24) is 19.6 Å².